The molecule has 0 fully saturated rings. The molecule has 6 nitrogen and oxygen atoms in total. The van der Waals surface area contributed by atoms with Crippen molar-refractivity contribution in [3.05, 3.63) is 30.3 Å². The van der Waals surface area contributed by atoms with Gasteiger partial charge in [0.05, 0.1) is 6.54 Å². The van der Waals surface area contributed by atoms with Gasteiger partial charge in [-0.2, -0.15) is 0 Å². The molecule has 1 rings (SSSR count). The van der Waals surface area contributed by atoms with Crippen molar-refractivity contribution in [1.29, 1.82) is 0 Å². The maximum atomic E-state index is 11.6. The van der Waals surface area contributed by atoms with Gasteiger partial charge in [0.25, 0.3) is 0 Å². The van der Waals surface area contributed by atoms with Gasteiger partial charge in [-0.3, -0.25) is 9.79 Å². The van der Waals surface area contributed by atoms with Gasteiger partial charge in [-0.15, -0.1) is 0 Å². The quantitative estimate of drug-likeness (QED) is 0.562. The highest BCUT2D eigenvalue weighted by atomic mass is 16.5. The minimum Gasteiger partial charge on any atom is -0.492 e. The Labute approximate surface area is 138 Å². The molecule has 2 N–H and O–H groups in total. The highest BCUT2D eigenvalue weighted by molar-refractivity contribution is 5.81. The molecule has 0 saturated heterocycles. The molecule has 23 heavy (non-hydrogen) atoms. The minimum atomic E-state index is 0.0398. The lowest BCUT2D eigenvalue weighted by Gasteiger charge is -2.22. The summed E-state index contributed by atoms with van der Waals surface area (Å²) >= 11 is 0. The van der Waals surface area contributed by atoms with E-state index in [1.165, 1.54) is 0 Å². The molecule has 0 aromatic heterocycles. The Bertz CT molecular complexity index is 489. The smallest absolute Gasteiger partial charge is 0.221 e. The summed E-state index contributed by atoms with van der Waals surface area (Å²) in [6.45, 7) is 5.71. The second kappa shape index (κ2) is 10.5. The van der Waals surface area contributed by atoms with Gasteiger partial charge >= 0.3 is 0 Å². The zero-order chi connectivity index (χ0) is 17.1. The highest BCUT2D eigenvalue weighted by Gasteiger charge is 2.07. The van der Waals surface area contributed by atoms with Gasteiger partial charge in [0.2, 0.25) is 5.91 Å². The summed E-state index contributed by atoms with van der Waals surface area (Å²) in [5, 5.41) is 6.05. The SMILES string of the molecule is CN=C(NCCC(=O)NC(C)C)N(C)CCOc1ccccc1. The van der Waals surface area contributed by atoms with Crippen LogP contribution in [0.5, 0.6) is 5.75 Å². The van der Waals surface area contributed by atoms with Crippen LogP contribution in [0.25, 0.3) is 0 Å². The minimum absolute atomic E-state index is 0.0398. The number of hydrogen-bond acceptors (Lipinski definition) is 3. The van der Waals surface area contributed by atoms with Crippen LogP contribution in [0.15, 0.2) is 35.3 Å². The Morgan fingerprint density at radius 3 is 2.61 bits per heavy atom. The Morgan fingerprint density at radius 1 is 1.30 bits per heavy atom. The molecule has 0 bridgehead atoms. The molecule has 1 aromatic carbocycles. The molecule has 0 aliphatic heterocycles. The second-order valence-corrected chi connectivity index (χ2v) is 5.53. The summed E-state index contributed by atoms with van der Waals surface area (Å²) in [5.41, 5.74) is 0. The average Bonchev–Trinajstić information content (AvgIpc) is 2.51. The maximum absolute atomic E-state index is 11.6. The summed E-state index contributed by atoms with van der Waals surface area (Å²) in [6.07, 6.45) is 0.422. The molecule has 0 atom stereocenters. The average molecular weight is 320 g/mol. The molecule has 0 aliphatic carbocycles. The number of amides is 1. The van der Waals surface area contributed by atoms with E-state index in [1.54, 1.807) is 7.05 Å². The van der Waals surface area contributed by atoms with Gasteiger partial charge in [0, 0.05) is 33.1 Å². The number of nitrogens with one attached hydrogen (secondary N) is 2. The third-order valence-corrected chi connectivity index (χ3v) is 3.10. The van der Waals surface area contributed by atoms with Crippen molar-refractivity contribution in [2.24, 2.45) is 4.99 Å². The van der Waals surface area contributed by atoms with Crippen molar-refractivity contribution >= 4 is 11.9 Å². The van der Waals surface area contributed by atoms with Crippen molar-refractivity contribution < 1.29 is 9.53 Å². The van der Waals surface area contributed by atoms with Crippen molar-refractivity contribution in [1.82, 2.24) is 15.5 Å². The van der Waals surface area contributed by atoms with Crippen LogP contribution < -0.4 is 15.4 Å². The summed E-state index contributed by atoms with van der Waals surface area (Å²) in [4.78, 5) is 17.8. The van der Waals surface area contributed by atoms with Crippen LogP contribution in [0.4, 0.5) is 0 Å². The standard InChI is InChI=1S/C17H28N4O2/c1-14(2)20-16(22)10-11-19-17(18-3)21(4)12-13-23-15-8-6-5-7-9-15/h5-9,14H,10-13H2,1-4H3,(H,18,19)(H,20,22). The van der Waals surface area contributed by atoms with Crippen LogP contribution in [-0.2, 0) is 4.79 Å². The number of nitrogens with zero attached hydrogens (tertiary/aromatic N) is 2. The lowest BCUT2D eigenvalue weighted by Crippen LogP contribution is -2.42. The van der Waals surface area contributed by atoms with E-state index in [-0.39, 0.29) is 11.9 Å². The Morgan fingerprint density at radius 2 is 2.00 bits per heavy atom. The predicted molar refractivity (Wildman–Crippen MR) is 93.8 cm³/mol. The maximum Gasteiger partial charge on any atom is 0.221 e. The monoisotopic (exact) mass is 320 g/mol. The van der Waals surface area contributed by atoms with Crippen LogP contribution in [0, 0.1) is 0 Å². The van der Waals surface area contributed by atoms with E-state index in [1.807, 2.05) is 56.1 Å². The summed E-state index contributed by atoms with van der Waals surface area (Å²) in [6, 6.07) is 9.88. The number of aliphatic imine (C=N–C) groups is 1. The normalized spacial score (nSPS) is 11.3. The molecule has 128 valence electrons. The first kappa shape index (κ1) is 18.8. The van der Waals surface area contributed by atoms with E-state index < -0.39 is 0 Å². The van der Waals surface area contributed by atoms with E-state index in [4.69, 9.17) is 4.74 Å². The first-order chi connectivity index (χ1) is 11.0. The van der Waals surface area contributed by atoms with Gasteiger partial charge in [0.1, 0.15) is 12.4 Å². The summed E-state index contributed by atoms with van der Waals surface area (Å²) in [7, 11) is 3.67. The topological polar surface area (TPSA) is 66.0 Å². The van der Waals surface area contributed by atoms with Crippen LogP contribution in [0.2, 0.25) is 0 Å². The molecule has 0 heterocycles. The number of guanidine groups is 1. The van der Waals surface area contributed by atoms with Crippen LogP contribution in [0.1, 0.15) is 20.3 Å². The molecule has 0 radical (unpaired) electrons. The fourth-order valence-corrected chi connectivity index (χ4v) is 1.99. The lowest BCUT2D eigenvalue weighted by molar-refractivity contribution is -0.121. The van der Waals surface area contributed by atoms with Crippen LogP contribution >= 0.6 is 0 Å². The Kier molecular flexibility index (Phi) is 8.57. The van der Waals surface area contributed by atoms with Crippen molar-refractivity contribution in [3.63, 3.8) is 0 Å². The van der Waals surface area contributed by atoms with E-state index in [0.717, 1.165) is 11.7 Å². The van der Waals surface area contributed by atoms with Crippen LogP contribution in [-0.4, -0.2) is 56.6 Å². The van der Waals surface area contributed by atoms with Crippen LogP contribution in [0.3, 0.4) is 0 Å². The van der Waals surface area contributed by atoms with Crippen molar-refractivity contribution in [2.45, 2.75) is 26.3 Å². The molecule has 0 spiro atoms. The van der Waals surface area contributed by atoms with E-state index in [2.05, 4.69) is 15.6 Å². The number of benzene rings is 1. The highest BCUT2D eigenvalue weighted by Crippen LogP contribution is 2.07. The second-order valence-electron chi connectivity index (χ2n) is 5.53. The Hall–Kier alpha value is -2.24. The van der Waals surface area contributed by atoms with Gasteiger partial charge in [-0.25, -0.2) is 0 Å². The number of para-hydroxylation sites is 1. The number of rotatable bonds is 8. The van der Waals surface area contributed by atoms with Gasteiger partial charge < -0.3 is 20.3 Å². The molecule has 0 unspecified atom stereocenters. The Balaban J connectivity index is 2.26. The van der Waals surface area contributed by atoms with E-state index in [9.17, 15) is 4.79 Å². The first-order valence-electron chi connectivity index (χ1n) is 7.92. The molecule has 0 saturated carbocycles. The molecular formula is C17H28N4O2. The zero-order valence-corrected chi connectivity index (χ0v) is 14.5. The molecule has 1 amide bonds. The number of ether oxygens (including phenoxy) is 1. The van der Waals surface area contributed by atoms with Crippen molar-refractivity contribution in [2.75, 3.05) is 33.8 Å². The molecular weight excluding hydrogens is 292 g/mol. The van der Waals surface area contributed by atoms with E-state index >= 15 is 0 Å². The van der Waals surface area contributed by atoms with Gasteiger partial charge in [-0.05, 0) is 26.0 Å². The first-order valence-corrected chi connectivity index (χ1v) is 7.92. The number of hydrogen-bond donors (Lipinski definition) is 2. The van der Waals surface area contributed by atoms with E-state index in [0.29, 0.717) is 26.1 Å². The summed E-state index contributed by atoms with van der Waals surface area (Å²) < 4.78 is 5.67. The predicted octanol–water partition coefficient (Wildman–Crippen LogP) is 1.49. The van der Waals surface area contributed by atoms with Gasteiger partial charge in [-0.1, -0.05) is 18.2 Å². The fraction of sp³-hybridized carbons (Fsp3) is 0.529. The largest absolute Gasteiger partial charge is 0.492 e. The zero-order valence-electron chi connectivity index (χ0n) is 14.5. The number of likely N-dealkylation sites (N-methyl/N-ethyl adjacent to an activating group) is 1. The van der Waals surface area contributed by atoms with Crippen molar-refractivity contribution in [3.8, 4) is 5.75 Å². The fourth-order valence-electron chi connectivity index (χ4n) is 1.99. The third kappa shape index (κ3) is 8.09. The number of carbonyl (C=O) groups excluding carboxylic acids is 1. The third-order valence-electron chi connectivity index (χ3n) is 3.10. The molecule has 0 aliphatic rings. The molecule has 6 heteroatoms. The van der Waals surface area contributed by atoms with Gasteiger partial charge in [0.15, 0.2) is 5.96 Å². The molecule has 1 aromatic rings. The summed E-state index contributed by atoms with van der Waals surface area (Å²) in [5.74, 6) is 1.64. The lowest BCUT2D eigenvalue weighted by atomic mass is 10.3. The number of carbonyl (C=O) groups is 1.